The van der Waals surface area contributed by atoms with Gasteiger partial charge in [-0.1, -0.05) is 23.7 Å². The summed E-state index contributed by atoms with van der Waals surface area (Å²) >= 11 is 6.00. The van der Waals surface area contributed by atoms with Crippen LogP contribution in [0.25, 0.3) is 16.9 Å². The number of halogens is 2. The predicted octanol–water partition coefficient (Wildman–Crippen LogP) is 4.66. The Morgan fingerprint density at radius 3 is 2.30 bits per heavy atom. The molecule has 1 aliphatic rings. The minimum Gasteiger partial charge on any atom is -0.383 e. The average molecular weight is 385 g/mol. The van der Waals surface area contributed by atoms with Gasteiger partial charge in [0.25, 0.3) is 0 Å². The number of benzene rings is 2. The number of nitrogens with zero attached hydrogens (tertiary/aromatic N) is 2. The summed E-state index contributed by atoms with van der Waals surface area (Å²) in [6.07, 6.45) is 1.39. The summed E-state index contributed by atoms with van der Waals surface area (Å²) in [5.41, 5.74) is 1.70. The molecule has 4 rings (SSSR count). The maximum Gasteiger partial charge on any atom is 0.133 e. The summed E-state index contributed by atoms with van der Waals surface area (Å²) in [4.78, 5) is 11.6. The van der Waals surface area contributed by atoms with Gasteiger partial charge in [0.15, 0.2) is 0 Å². The average Bonchev–Trinajstić information content (AvgIpc) is 3.12. The maximum absolute atomic E-state index is 13.3. The Labute approximate surface area is 161 Å². The molecular weight excluding hydrogens is 367 g/mol. The topological polar surface area (TPSA) is 55.1 Å². The fourth-order valence-corrected chi connectivity index (χ4v) is 3.54. The Bertz CT molecular complexity index is 907. The molecule has 1 saturated carbocycles. The zero-order valence-corrected chi connectivity index (χ0v) is 15.3. The normalized spacial score (nSPS) is 16.5. The number of ketones is 1. The van der Waals surface area contributed by atoms with Gasteiger partial charge in [0.2, 0.25) is 0 Å². The summed E-state index contributed by atoms with van der Waals surface area (Å²) in [6, 6.07) is 15.2. The standard InChI is InChI=1S/C21H18ClFN2O2/c22-15-3-1-14(2-4-15)19-13-20(21(27)11-9-18(26)10-12-21)24-25(19)17-7-5-16(23)6-8-17/h1-8,13,27H,9-12H2. The Kier molecular flexibility index (Phi) is 4.58. The van der Waals surface area contributed by atoms with E-state index in [2.05, 4.69) is 5.10 Å². The largest absolute Gasteiger partial charge is 0.383 e. The lowest BCUT2D eigenvalue weighted by Gasteiger charge is -2.29. The smallest absolute Gasteiger partial charge is 0.133 e. The molecule has 4 nitrogen and oxygen atoms in total. The van der Waals surface area contributed by atoms with E-state index in [4.69, 9.17) is 11.6 Å². The fraction of sp³-hybridized carbons (Fsp3) is 0.238. The number of aromatic nitrogens is 2. The third-order valence-corrected chi connectivity index (χ3v) is 5.28. The number of rotatable bonds is 3. The van der Waals surface area contributed by atoms with Crippen molar-refractivity contribution in [3.63, 3.8) is 0 Å². The van der Waals surface area contributed by atoms with Crippen molar-refractivity contribution >= 4 is 17.4 Å². The predicted molar refractivity (Wildman–Crippen MR) is 101 cm³/mol. The first-order chi connectivity index (χ1) is 12.9. The van der Waals surface area contributed by atoms with Gasteiger partial charge < -0.3 is 5.11 Å². The first kappa shape index (κ1) is 17.9. The van der Waals surface area contributed by atoms with Crippen LogP contribution in [0.1, 0.15) is 31.4 Å². The van der Waals surface area contributed by atoms with E-state index in [1.165, 1.54) is 12.1 Å². The molecule has 27 heavy (non-hydrogen) atoms. The molecule has 0 unspecified atom stereocenters. The van der Waals surface area contributed by atoms with E-state index in [1.54, 1.807) is 28.9 Å². The highest BCUT2D eigenvalue weighted by Crippen LogP contribution is 2.37. The highest BCUT2D eigenvalue weighted by Gasteiger charge is 2.37. The van der Waals surface area contributed by atoms with Crippen LogP contribution in [0.2, 0.25) is 5.02 Å². The number of aliphatic hydroxyl groups is 1. The molecule has 3 aromatic rings. The van der Waals surface area contributed by atoms with Gasteiger partial charge in [-0.05, 0) is 55.3 Å². The van der Waals surface area contributed by atoms with E-state index in [-0.39, 0.29) is 11.6 Å². The van der Waals surface area contributed by atoms with Crippen molar-refractivity contribution in [1.82, 2.24) is 9.78 Å². The molecular formula is C21H18ClFN2O2. The van der Waals surface area contributed by atoms with Crippen LogP contribution in [0.15, 0.2) is 54.6 Å². The van der Waals surface area contributed by atoms with Crippen LogP contribution in [0.4, 0.5) is 4.39 Å². The molecule has 1 aliphatic carbocycles. The van der Waals surface area contributed by atoms with Crippen LogP contribution < -0.4 is 0 Å². The summed E-state index contributed by atoms with van der Waals surface area (Å²) in [5, 5.41) is 16.3. The summed E-state index contributed by atoms with van der Waals surface area (Å²) < 4.78 is 15.0. The quantitative estimate of drug-likeness (QED) is 0.714. The first-order valence-electron chi connectivity index (χ1n) is 8.81. The van der Waals surface area contributed by atoms with Crippen LogP contribution in [0.5, 0.6) is 0 Å². The van der Waals surface area contributed by atoms with E-state index in [9.17, 15) is 14.3 Å². The molecule has 0 bridgehead atoms. The summed E-state index contributed by atoms with van der Waals surface area (Å²) in [5.74, 6) is -0.167. The molecule has 0 radical (unpaired) electrons. The minimum absolute atomic E-state index is 0.163. The summed E-state index contributed by atoms with van der Waals surface area (Å²) in [7, 11) is 0. The summed E-state index contributed by atoms with van der Waals surface area (Å²) in [6.45, 7) is 0. The molecule has 2 aromatic carbocycles. The number of carbonyl (C=O) groups is 1. The molecule has 1 fully saturated rings. The molecule has 0 spiro atoms. The molecule has 0 saturated heterocycles. The Morgan fingerprint density at radius 1 is 1.04 bits per heavy atom. The first-order valence-corrected chi connectivity index (χ1v) is 9.19. The number of Topliss-reactive ketones (excluding diaryl/α,β-unsaturated/α-hetero) is 1. The second-order valence-electron chi connectivity index (χ2n) is 6.88. The lowest BCUT2D eigenvalue weighted by molar-refractivity contribution is -0.125. The third kappa shape index (κ3) is 3.53. The van der Waals surface area contributed by atoms with Gasteiger partial charge >= 0.3 is 0 Å². The molecule has 0 aliphatic heterocycles. The van der Waals surface area contributed by atoms with Crippen molar-refractivity contribution in [3.8, 4) is 16.9 Å². The zero-order valence-electron chi connectivity index (χ0n) is 14.5. The van der Waals surface area contributed by atoms with Crippen molar-refractivity contribution in [2.75, 3.05) is 0 Å². The van der Waals surface area contributed by atoms with Gasteiger partial charge in [-0.3, -0.25) is 4.79 Å². The second kappa shape index (κ2) is 6.91. The minimum atomic E-state index is -1.14. The maximum atomic E-state index is 13.3. The number of hydrogen-bond donors (Lipinski definition) is 1. The van der Waals surface area contributed by atoms with E-state index < -0.39 is 5.60 Å². The number of hydrogen-bond acceptors (Lipinski definition) is 3. The van der Waals surface area contributed by atoms with Crippen molar-refractivity contribution in [1.29, 1.82) is 0 Å². The Morgan fingerprint density at radius 2 is 1.67 bits per heavy atom. The molecule has 0 amide bonds. The molecule has 0 atom stereocenters. The van der Waals surface area contributed by atoms with Crippen molar-refractivity contribution < 1.29 is 14.3 Å². The third-order valence-electron chi connectivity index (χ3n) is 5.03. The van der Waals surface area contributed by atoms with Gasteiger partial charge in [-0.25, -0.2) is 9.07 Å². The van der Waals surface area contributed by atoms with Crippen LogP contribution >= 0.6 is 11.6 Å². The second-order valence-corrected chi connectivity index (χ2v) is 7.32. The van der Waals surface area contributed by atoms with Gasteiger partial charge in [0.1, 0.15) is 17.2 Å². The highest BCUT2D eigenvalue weighted by molar-refractivity contribution is 6.30. The van der Waals surface area contributed by atoms with E-state index in [0.29, 0.717) is 42.1 Å². The lowest BCUT2D eigenvalue weighted by Crippen LogP contribution is -2.32. The highest BCUT2D eigenvalue weighted by atomic mass is 35.5. The van der Waals surface area contributed by atoms with E-state index in [1.807, 2.05) is 18.2 Å². The molecule has 6 heteroatoms. The van der Waals surface area contributed by atoms with Gasteiger partial charge in [-0.15, -0.1) is 0 Å². The Balaban J connectivity index is 1.83. The van der Waals surface area contributed by atoms with Crippen LogP contribution in [0, 0.1) is 5.82 Å². The SMILES string of the molecule is O=C1CCC(O)(c2cc(-c3ccc(Cl)cc3)n(-c3ccc(F)cc3)n2)CC1. The van der Waals surface area contributed by atoms with Crippen LogP contribution in [-0.4, -0.2) is 20.7 Å². The van der Waals surface area contributed by atoms with Gasteiger partial charge in [-0.2, -0.15) is 5.10 Å². The van der Waals surface area contributed by atoms with E-state index >= 15 is 0 Å². The van der Waals surface area contributed by atoms with Crippen molar-refractivity contribution in [2.24, 2.45) is 0 Å². The fourth-order valence-electron chi connectivity index (χ4n) is 3.41. The van der Waals surface area contributed by atoms with Crippen molar-refractivity contribution in [3.05, 3.63) is 71.1 Å². The van der Waals surface area contributed by atoms with Crippen LogP contribution in [-0.2, 0) is 10.4 Å². The molecule has 1 aromatic heterocycles. The molecule has 1 N–H and O–H groups in total. The zero-order chi connectivity index (χ0) is 19.0. The number of carbonyl (C=O) groups excluding carboxylic acids is 1. The lowest BCUT2D eigenvalue weighted by atomic mass is 9.82. The van der Waals surface area contributed by atoms with Crippen LogP contribution in [0.3, 0.4) is 0 Å². The molecule has 138 valence electrons. The molecule has 1 heterocycles. The van der Waals surface area contributed by atoms with Crippen molar-refractivity contribution in [2.45, 2.75) is 31.3 Å². The Hall–Kier alpha value is -2.50. The van der Waals surface area contributed by atoms with Gasteiger partial charge in [0, 0.05) is 23.4 Å². The van der Waals surface area contributed by atoms with Gasteiger partial charge in [0.05, 0.1) is 17.1 Å². The van der Waals surface area contributed by atoms with E-state index in [0.717, 1.165) is 11.3 Å². The monoisotopic (exact) mass is 384 g/mol.